The number of carbonyl (C=O) groups is 2. The Morgan fingerprint density at radius 3 is 2.44 bits per heavy atom. The Labute approximate surface area is 156 Å². The molecule has 0 fully saturated rings. The number of esters is 1. The van der Waals surface area contributed by atoms with Gasteiger partial charge in [-0.2, -0.15) is 0 Å². The maximum absolute atomic E-state index is 12.4. The van der Waals surface area contributed by atoms with Crippen molar-refractivity contribution >= 4 is 27.9 Å². The molecular weight excluding hydrogens is 388 g/mol. The van der Waals surface area contributed by atoms with Crippen molar-refractivity contribution in [3.63, 3.8) is 0 Å². The molecule has 7 heteroatoms. The van der Waals surface area contributed by atoms with Gasteiger partial charge >= 0.3 is 12.0 Å². The molecule has 6 nitrogen and oxygen atoms in total. The fourth-order valence-electron chi connectivity index (χ4n) is 2.67. The van der Waals surface area contributed by atoms with Gasteiger partial charge in [0.1, 0.15) is 5.75 Å². The second-order valence-corrected chi connectivity index (χ2v) is 7.22. The number of halogens is 1. The number of nitrogens with one attached hydrogen (secondary N) is 2. The Morgan fingerprint density at radius 1 is 1.24 bits per heavy atom. The molecule has 0 radical (unpaired) electrons. The average Bonchev–Trinajstić information content (AvgIpc) is 2.54. The molecule has 0 saturated heterocycles. The van der Waals surface area contributed by atoms with Crippen molar-refractivity contribution in [2.24, 2.45) is 5.92 Å². The minimum absolute atomic E-state index is 0.0327. The molecule has 1 aliphatic heterocycles. The van der Waals surface area contributed by atoms with Crippen molar-refractivity contribution in [3.05, 3.63) is 39.5 Å². The van der Waals surface area contributed by atoms with E-state index in [0.29, 0.717) is 17.0 Å². The molecule has 2 amide bonds. The van der Waals surface area contributed by atoms with E-state index in [1.54, 1.807) is 0 Å². The quantitative estimate of drug-likeness (QED) is 0.725. The molecule has 0 saturated carbocycles. The zero-order valence-electron chi connectivity index (χ0n) is 15.0. The van der Waals surface area contributed by atoms with Crippen LogP contribution in [0.3, 0.4) is 0 Å². The van der Waals surface area contributed by atoms with E-state index in [2.05, 4.69) is 26.6 Å². The number of rotatable bonds is 5. The minimum atomic E-state index is -0.594. The van der Waals surface area contributed by atoms with Gasteiger partial charge in [-0.25, -0.2) is 9.59 Å². The lowest BCUT2D eigenvalue weighted by molar-refractivity contribution is -0.136. The predicted octanol–water partition coefficient (Wildman–Crippen LogP) is 3.67. The fraction of sp³-hybridized carbons (Fsp3) is 0.444. The van der Waals surface area contributed by atoms with Crippen LogP contribution < -0.4 is 15.4 Å². The van der Waals surface area contributed by atoms with Gasteiger partial charge in [-0.15, -0.1) is 0 Å². The van der Waals surface area contributed by atoms with Gasteiger partial charge in [0.15, 0.2) is 0 Å². The van der Waals surface area contributed by atoms with Crippen LogP contribution in [-0.4, -0.2) is 25.2 Å². The summed E-state index contributed by atoms with van der Waals surface area (Å²) in [6, 6.07) is 4.55. The number of allylic oxidation sites excluding steroid dienone is 1. The molecule has 1 heterocycles. The van der Waals surface area contributed by atoms with Crippen molar-refractivity contribution in [1.82, 2.24) is 10.6 Å². The molecule has 2 N–H and O–H groups in total. The molecule has 1 aromatic carbocycles. The van der Waals surface area contributed by atoms with Crippen LogP contribution in [0.2, 0.25) is 0 Å². The second-order valence-electron chi connectivity index (χ2n) is 6.36. The first-order chi connectivity index (χ1) is 11.7. The number of urea groups is 1. The highest BCUT2D eigenvalue weighted by Gasteiger charge is 2.34. The van der Waals surface area contributed by atoms with E-state index in [1.165, 1.54) is 7.11 Å². The SMILES string of the molecule is COC(=O)C1=C(C(C)C)NC(=O)NC1c1ccc(OC(C)C)c(Br)c1. The maximum atomic E-state index is 12.4. The molecule has 0 aliphatic carbocycles. The summed E-state index contributed by atoms with van der Waals surface area (Å²) in [5.41, 5.74) is 1.73. The highest BCUT2D eigenvalue weighted by atomic mass is 79.9. The van der Waals surface area contributed by atoms with Gasteiger partial charge in [0.2, 0.25) is 0 Å². The fourth-order valence-corrected chi connectivity index (χ4v) is 3.16. The Morgan fingerprint density at radius 2 is 1.92 bits per heavy atom. The summed E-state index contributed by atoms with van der Waals surface area (Å²) >= 11 is 3.49. The summed E-state index contributed by atoms with van der Waals surface area (Å²) in [6.07, 6.45) is 0.0406. The van der Waals surface area contributed by atoms with Gasteiger partial charge in [0.25, 0.3) is 0 Å². The van der Waals surface area contributed by atoms with Gasteiger partial charge in [-0.05, 0) is 53.4 Å². The minimum Gasteiger partial charge on any atom is -0.490 e. The Bertz CT molecular complexity index is 713. The molecule has 0 bridgehead atoms. The van der Waals surface area contributed by atoms with Crippen LogP contribution in [0.1, 0.15) is 39.3 Å². The molecule has 1 atom stereocenters. The number of hydrogen-bond donors (Lipinski definition) is 2. The highest BCUT2D eigenvalue weighted by molar-refractivity contribution is 9.10. The van der Waals surface area contributed by atoms with Crippen LogP contribution in [0.4, 0.5) is 4.79 Å². The number of ether oxygens (including phenoxy) is 2. The third kappa shape index (κ3) is 4.34. The summed E-state index contributed by atoms with van der Waals surface area (Å²) in [5.74, 6) is 0.196. The van der Waals surface area contributed by atoms with Gasteiger partial charge in [0, 0.05) is 5.70 Å². The molecule has 2 rings (SSSR count). The molecule has 136 valence electrons. The Kier molecular flexibility index (Phi) is 6.11. The highest BCUT2D eigenvalue weighted by Crippen LogP contribution is 2.34. The lowest BCUT2D eigenvalue weighted by atomic mass is 9.91. The topological polar surface area (TPSA) is 76.7 Å². The molecule has 1 unspecified atom stereocenters. The number of amides is 2. The summed E-state index contributed by atoms with van der Waals surface area (Å²) in [6.45, 7) is 7.72. The van der Waals surface area contributed by atoms with Crippen LogP contribution in [0.5, 0.6) is 5.75 Å². The maximum Gasteiger partial charge on any atom is 0.337 e. The van der Waals surface area contributed by atoms with Crippen LogP contribution in [0.15, 0.2) is 33.9 Å². The number of carbonyl (C=O) groups excluding carboxylic acids is 2. The standard InChI is InChI=1S/C18H23BrN2O4/c1-9(2)15-14(17(22)24-5)16(21-18(23)20-15)11-6-7-13(12(19)8-11)25-10(3)4/h6-10,16H,1-5H3,(H2,20,21,23). The molecule has 0 spiro atoms. The summed E-state index contributed by atoms with van der Waals surface area (Å²) in [7, 11) is 1.33. The van der Waals surface area contributed by atoms with Crippen molar-refractivity contribution in [2.75, 3.05) is 7.11 Å². The average molecular weight is 411 g/mol. The van der Waals surface area contributed by atoms with Crippen LogP contribution in [0, 0.1) is 5.92 Å². The summed E-state index contributed by atoms with van der Waals surface area (Å²) in [4.78, 5) is 24.4. The smallest absolute Gasteiger partial charge is 0.337 e. The van der Waals surface area contributed by atoms with Crippen molar-refractivity contribution in [3.8, 4) is 5.75 Å². The normalized spacial score (nSPS) is 17.4. The number of hydrogen-bond acceptors (Lipinski definition) is 4. The van der Waals surface area contributed by atoms with E-state index in [0.717, 1.165) is 10.0 Å². The van der Waals surface area contributed by atoms with Gasteiger partial charge in [-0.3, -0.25) is 0 Å². The van der Waals surface area contributed by atoms with E-state index in [1.807, 2.05) is 45.9 Å². The van der Waals surface area contributed by atoms with E-state index >= 15 is 0 Å². The van der Waals surface area contributed by atoms with Crippen molar-refractivity contribution in [2.45, 2.75) is 39.8 Å². The Balaban J connectivity index is 2.51. The lowest BCUT2D eigenvalue weighted by Gasteiger charge is -2.31. The Hall–Kier alpha value is -2.02. The van der Waals surface area contributed by atoms with Crippen LogP contribution >= 0.6 is 15.9 Å². The molecule has 1 aliphatic rings. The number of methoxy groups -OCH3 is 1. The molecule has 25 heavy (non-hydrogen) atoms. The molecule has 1 aromatic rings. The summed E-state index contributed by atoms with van der Waals surface area (Å²) < 4.78 is 11.4. The second kappa shape index (κ2) is 7.91. The first-order valence-corrected chi connectivity index (χ1v) is 8.89. The number of benzene rings is 1. The van der Waals surface area contributed by atoms with Gasteiger partial charge < -0.3 is 20.1 Å². The van der Waals surface area contributed by atoms with Crippen LogP contribution in [-0.2, 0) is 9.53 Å². The first-order valence-electron chi connectivity index (χ1n) is 8.10. The largest absolute Gasteiger partial charge is 0.490 e. The lowest BCUT2D eigenvalue weighted by Crippen LogP contribution is -2.47. The summed E-state index contributed by atoms with van der Waals surface area (Å²) in [5, 5.41) is 5.53. The molecular formula is C18H23BrN2O4. The van der Waals surface area contributed by atoms with E-state index in [9.17, 15) is 9.59 Å². The van der Waals surface area contributed by atoms with E-state index in [-0.39, 0.29) is 18.1 Å². The van der Waals surface area contributed by atoms with Crippen molar-refractivity contribution in [1.29, 1.82) is 0 Å². The monoisotopic (exact) mass is 410 g/mol. The third-order valence-electron chi connectivity index (χ3n) is 3.74. The van der Waals surface area contributed by atoms with Crippen LogP contribution in [0.25, 0.3) is 0 Å². The van der Waals surface area contributed by atoms with Gasteiger partial charge in [-0.1, -0.05) is 19.9 Å². The van der Waals surface area contributed by atoms with E-state index < -0.39 is 12.0 Å². The first kappa shape index (κ1) is 19.3. The molecule has 0 aromatic heterocycles. The predicted molar refractivity (Wildman–Crippen MR) is 98.2 cm³/mol. The zero-order valence-corrected chi connectivity index (χ0v) is 16.6. The third-order valence-corrected chi connectivity index (χ3v) is 4.36. The van der Waals surface area contributed by atoms with Crippen molar-refractivity contribution < 1.29 is 19.1 Å². The zero-order chi connectivity index (χ0) is 18.7. The van der Waals surface area contributed by atoms with Gasteiger partial charge in [0.05, 0.1) is 29.3 Å². The van der Waals surface area contributed by atoms with E-state index in [4.69, 9.17) is 9.47 Å².